The van der Waals surface area contributed by atoms with Crippen LogP contribution >= 0.6 is 0 Å². The second-order valence-corrected chi connectivity index (χ2v) is 3.55. The van der Waals surface area contributed by atoms with Gasteiger partial charge in [0.05, 0.1) is 19.6 Å². The summed E-state index contributed by atoms with van der Waals surface area (Å²) in [6.07, 6.45) is 0.248. The summed E-state index contributed by atoms with van der Waals surface area (Å²) in [6, 6.07) is -0.525. The summed E-state index contributed by atoms with van der Waals surface area (Å²) in [5.41, 5.74) is 0. The zero-order valence-corrected chi connectivity index (χ0v) is 10.4. The lowest BCUT2D eigenvalue weighted by atomic mass is 10.2. The molecule has 0 amide bonds. The van der Waals surface area contributed by atoms with Crippen molar-refractivity contribution in [1.29, 1.82) is 0 Å². The summed E-state index contributed by atoms with van der Waals surface area (Å²) in [6.45, 7) is 7.78. The van der Waals surface area contributed by atoms with E-state index in [1.165, 1.54) is 0 Å². The van der Waals surface area contributed by atoms with Crippen molar-refractivity contribution in [3.05, 3.63) is 0 Å². The molecule has 2 atom stereocenters. The highest BCUT2D eigenvalue weighted by molar-refractivity contribution is 5.75. The standard InChI is InChI=1S/C11H21NO4/c1-5-15-10(13)7-8(3)12-9(4)11(14)16-6-2/h8-9,12H,5-7H2,1-4H3. The van der Waals surface area contributed by atoms with Gasteiger partial charge in [-0.25, -0.2) is 0 Å². The van der Waals surface area contributed by atoms with E-state index >= 15 is 0 Å². The molecule has 0 aromatic rings. The Morgan fingerprint density at radius 2 is 1.69 bits per heavy atom. The fourth-order valence-electron chi connectivity index (χ4n) is 1.29. The Balaban J connectivity index is 3.90. The molecule has 5 heteroatoms. The summed E-state index contributed by atoms with van der Waals surface area (Å²) < 4.78 is 9.65. The molecule has 0 fully saturated rings. The van der Waals surface area contributed by atoms with Crippen molar-refractivity contribution in [2.75, 3.05) is 13.2 Å². The van der Waals surface area contributed by atoms with Crippen LogP contribution in [0.5, 0.6) is 0 Å². The summed E-state index contributed by atoms with van der Waals surface area (Å²) in [4.78, 5) is 22.4. The summed E-state index contributed by atoms with van der Waals surface area (Å²) in [5.74, 6) is -0.572. The van der Waals surface area contributed by atoms with Gasteiger partial charge in [-0.2, -0.15) is 0 Å². The van der Waals surface area contributed by atoms with Gasteiger partial charge in [0.15, 0.2) is 0 Å². The molecule has 0 rings (SSSR count). The molecule has 0 aliphatic carbocycles. The van der Waals surface area contributed by atoms with Crippen LogP contribution in [0.3, 0.4) is 0 Å². The highest BCUT2D eigenvalue weighted by Crippen LogP contribution is 1.97. The molecular weight excluding hydrogens is 210 g/mol. The van der Waals surface area contributed by atoms with Gasteiger partial charge in [-0.3, -0.25) is 9.59 Å². The third kappa shape index (κ3) is 6.40. The second kappa shape index (κ2) is 8.10. The number of hydrogen-bond donors (Lipinski definition) is 1. The molecule has 0 radical (unpaired) electrons. The topological polar surface area (TPSA) is 64.6 Å². The predicted molar refractivity (Wildman–Crippen MR) is 59.9 cm³/mol. The maximum Gasteiger partial charge on any atom is 0.322 e. The van der Waals surface area contributed by atoms with Crippen LogP contribution in [0, 0.1) is 0 Å². The van der Waals surface area contributed by atoms with E-state index in [0.717, 1.165) is 0 Å². The van der Waals surface area contributed by atoms with Crippen molar-refractivity contribution >= 4 is 11.9 Å². The number of esters is 2. The Bertz CT molecular complexity index is 230. The lowest BCUT2D eigenvalue weighted by Crippen LogP contribution is -2.42. The van der Waals surface area contributed by atoms with Crippen molar-refractivity contribution < 1.29 is 19.1 Å². The monoisotopic (exact) mass is 231 g/mol. The average Bonchev–Trinajstić information content (AvgIpc) is 2.17. The van der Waals surface area contributed by atoms with Crippen LogP contribution < -0.4 is 5.32 Å². The van der Waals surface area contributed by atoms with Gasteiger partial charge < -0.3 is 14.8 Å². The normalized spacial score (nSPS) is 14.0. The van der Waals surface area contributed by atoms with Gasteiger partial charge >= 0.3 is 11.9 Å². The summed E-state index contributed by atoms with van der Waals surface area (Å²) >= 11 is 0. The molecule has 0 saturated carbocycles. The molecule has 1 N–H and O–H groups in total. The minimum Gasteiger partial charge on any atom is -0.466 e. The Hall–Kier alpha value is -1.10. The maximum atomic E-state index is 11.3. The lowest BCUT2D eigenvalue weighted by Gasteiger charge is -2.17. The van der Waals surface area contributed by atoms with Crippen molar-refractivity contribution in [3.63, 3.8) is 0 Å². The van der Waals surface area contributed by atoms with Gasteiger partial charge in [0, 0.05) is 6.04 Å². The number of carbonyl (C=O) groups excluding carboxylic acids is 2. The zero-order chi connectivity index (χ0) is 12.6. The highest BCUT2D eigenvalue weighted by Gasteiger charge is 2.18. The first kappa shape index (κ1) is 14.9. The first-order valence-corrected chi connectivity index (χ1v) is 5.59. The number of rotatable bonds is 7. The fourth-order valence-corrected chi connectivity index (χ4v) is 1.29. The van der Waals surface area contributed by atoms with E-state index in [-0.39, 0.29) is 24.4 Å². The van der Waals surface area contributed by atoms with Gasteiger partial charge in [0.2, 0.25) is 0 Å². The van der Waals surface area contributed by atoms with Crippen molar-refractivity contribution in [2.24, 2.45) is 0 Å². The number of hydrogen-bond acceptors (Lipinski definition) is 5. The predicted octanol–water partition coefficient (Wildman–Crippen LogP) is 0.869. The van der Waals surface area contributed by atoms with Gasteiger partial charge in [0.1, 0.15) is 6.04 Å². The van der Waals surface area contributed by atoms with Crippen LogP contribution in [0.15, 0.2) is 0 Å². The molecule has 0 aliphatic heterocycles. The molecule has 94 valence electrons. The van der Waals surface area contributed by atoms with E-state index in [9.17, 15) is 9.59 Å². The Morgan fingerprint density at radius 1 is 1.12 bits per heavy atom. The van der Waals surface area contributed by atoms with Crippen LogP contribution in [0.1, 0.15) is 34.1 Å². The third-order valence-corrected chi connectivity index (χ3v) is 1.95. The van der Waals surface area contributed by atoms with Crippen molar-refractivity contribution in [1.82, 2.24) is 5.32 Å². The van der Waals surface area contributed by atoms with Gasteiger partial charge in [-0.15, -0.1) is 0 Å². The van der Waals surface area contributed by atoms with E-state index in [4.69, 9.17) is 9.47 Å². The molecule has 0 aromatic heterocycles. The highest BCUT2D eigenvalue weighted by atomic mass is 16.5. The maximum absolute atomic E-state index is 11.3. The quantitative estimate of drug-likeness (QED) is 0.659. The molecule has 0 bridgehead atoms. The number of carbonyl (C=O) groups is 2. The van der Waals surface area contributed by atoms with E-state index in [1.807, 2.05) is 6.92 Å². The molecule has 2 unspecified atom stereocenters. The zero-order valence-electron chi connectivity index (χ0n) is 10.4. The molecule has 0 aliphatic rings. The number of ether oxygens (including phenoxy) is 2. The molecule has 5 nitrogen and oxygen atoms in total. The minimum absolute atomic E-state index is 0.113. The first-order valence-electron chi connectivity index (χ1n) is 5.59. The van der Waals surface area contributed by atoms with Crippen LogP contribution in [-0.4, -0.2) is 37.2 Å². The van der Waals surface area contributed by atoms with E-state index < -0.39 is 6.04 Å². The first-order chi connectivity index (χ1) is 7.51. The second-order valence-electron chi connectivity index (χ2n) is 3.55. The Labute approximate surface area is 96.5 Å². The van der Waals surface area contributed by atoms with E-state index in [0.29, 0.717) is 13.2 Å². The molecular formula is C11H21NO4. The largest absolute Gasteiger partial charge is 0.466 e. The molecule has 0 aromatic carbocycles. The Kier molecular flexibility index (Phi) is 7.54. The average molecular weight is 231 g/mol. The van der Waals surface area contributed by atoms with Crippen molar-refractivity contribution in [3.8, 4) is 0 Å². The van der Waals surface area contributed by atoms with Gasteiger partial charge in [0.25, 0.3) is 0 Å². The summed E-state index contributed by atoms with van der Waals surface area (Å²) in [7, 11) is 0. The number of nitrogens with one attached hydrogen (secondary N) is 1. The van der Waals surface area contributed by atoms with Crippen LogP contribution in [0.25, 0.3) is 0 Å². The Morgan fingerprint density at radius 3 is 2.19 bits per heavy atom. The lowest BCUT2D eigenvalue weighted by molar-refractivity contribution is -0.147. The fraction of sp³-hybridized carbons (Fsp3) is 0.818. The minimum atomic E-state index is -0.413. The van der Waals surface area contributed by atoms with Crippen LogP contribution in [-0.2, 0) is 19.1 Å². The molecule has 0 saturated heterocycles. The van der Waals surface area contributed by atoms with Crippen LogP contribution in [0.2, 0.25) is 0 Å². The van der Waals surface area contributed by atoms with Crippen molar-refractivity contribution in [2.45, 2.75) is 46.2 Å². The van der Waals surface area contributed by atoms with Gasteiger partial charge in [-0.1, -0.05) is 0 Å². The van der Waals surface area contributed by atoms with Crippen LogP contribution in [0.4, 0.5) is 0 Å². The molecule has 0 heterocycles. The van der Waals surface area contributed by atoms with Gasteiger partial charge in [-0.05, 0) is 27.7 Å². The molecule has 0 spiro atoms. The van der Waals surface area contributed by atoms with E-state index in [2.05, 4.69) is 5.32 Å². The van der Waals surface area contributed by atoms with E-state index in [1.54, 1.807) is 20.8 Å². The SMILES string of the molecule is CCOC(=O)CC(C)NC(C)C(=O)OCC. The molecule has 16 heavy (non-hydrogen) atoms. The smallest absolute Gasteiger partial charge is 0.322 e. The third-order valence-electron chi connectivity index (χ3n) is 1.95. The summed E-state index contributed by atoms with van der Waals surface area (Å²) in [5, 5.41) is 2.98.